The van der Waals surface area contributed by atoms with Gasteiger partial charge in [0.2, 0.25) is 17.7 Å². The van der Waals surface area contributed by atoms with E-state index < -0.39 is 23.7 Å². The molecule has 1 aliphatic heterocycles. The first-order valence-corrected chi connectivity index (χ1v) is 12.8. The van der Waals surface area contributed by atoms with Gasteiger partial charge in [0, 0.05) is 26.8 Å². The second-order valence-corrected chi connectivity index (χ2v) is 11.1. The van der Waals surface area contributed by atoms with Crippen molar-refractivity contribution in [3.8, 4) is 0 Å². The second kappa shape index (κ2) is 9.59. The van der Waals surface area contributed by atoms with Crippen LogP contribution in [0.15, 0.2) is 24.3 Å². The van der Waals surface area contributed by atoms with Crippen molar-refractivity contribution in [2.45, 2.75) is 64.2 Å². The van der Waals surface area contributed by atoms with Crippen LogP contribution in [0.4, 0.5) is 11.4 Å². The standard InChI is InChI=1S/C27H35N3O6/c1-16(31)28-20-4-6-21(7-5-20)30-23(32)11-22(25(30)33)29(15-24(35-2)36-3)26(34)27-12-17-8-18(13-27)10-19(9-17)14-27/h4-7,17-19,22,24H,8-15H2,1-3H3,(H,28,31). The number of carbonyl (C=O) groups excluding carboxylic acids is 4. The summed E-state index contributed by atoms with van der Waals surface area (Å²) < 4.78 is 10.8. The first-order valence-electron chi connectivity index (χ1n) is 12.8. The number of nitrogens with one attached hydrogen (secondary N) is 1. The van der Waals surface area contributed by atoms with Gasteiger partial charge in [0.15, 0.2) is 6.29 Å². The average molecular weight is 498 g/mol. The zero-order valence-electron chi connectivity index (χ0n) is 21.2. The molecule has 1 atom stereocenters. The fourth-order valence-corrected chi connectivity index (χ4v) is 7.46. The lowest BCUT2D eigenvalue weighted by Gasteiger charge is -2.57. The predicted molar refractivity (Wildman–Crippen MR) is 132 cm³/mol. The van der Waals surface area contributed by atoms with E-state index in [1.54, 1.807) is 29.2 Å². The van der Waals surface area contributed by atoms with Crippen molar-refractivity contribution >= 4 is 35.0 Å². The summed E-state index contributed by atoms with van der Waals surface area (Å²) in [5.41, 5.74) is 0.528. The monoisotopic (exact) mass is 497 g/mol. The number of methoxy groups -OCH3 is 2. The summed E-state index contributed by atoms with van der Waals surface area (Å²) in [6, 6.07) is 5.65. The van der Waals surface area contributed by atoms with E-state index >= 15 is 0 Å². The van der Waals surface area contributed by atoms with Gasteiger partial charge in [0.1, 0.15) is 6.04 Å². The van der Waals surface area contributed by atoms with Crippen molar-refractivity contribution in [3.05, 3.63) is 24.3 Å². The molecule has 1 N–H and O–H groups in total. The molecule has 5 fully saturated rings. The zero-order valence-corrected chi connectivity index (χ0v) is 21.2. The first kappa shape index (κ1) is 24.9. The second-order valence-electron chi connectivity index (χ2n) is 11.1. The van der Waals surface area contributed by atoms with Gasteiger partial charge < -0.3 is 19.7 Å². The van der Waals surface area contributed by atoms with E-state index in [1.165, 1.54) is 40.4 Å². The Hall–Kier alpha value is -2.78. The molecule has 9 heteroatoms. The molecule has 4 saturated carbocycles. The highest BCUT2D eigenvalue weighted by molar-refractivity contribution is 6.23. The summed E-state index contributed by atoms with van der Waals surface area (Å²) in [4.78, 5) is 55.1. The number of hydrogen-bond acceptors (Lipinski definition) is 6. The lowest BCUT2D eigenvalue weighted by Crippen LogP contribution is -2.59. The molecular weight excluding hydrogens is 462 g/mol. The van der Waals surface area contributed by atoms with E-state index in [-0.39, 0.29) is 30.7 Å². The van der Waals surface area contributed by atoms with Gasteiger partial charge in [0.05, 0.1) is 24.1 Å². The Balaban J connectivity index is 1.42. The molecule has 5 aliphatic rings. The molecule has 1 aromatic rings. The molecule has 194 valence electrons. The van der Waals surface area contributed by atoms with Crippen molar-refractivity contribution in [1.29, 1.82) is 0 Å². The van der Waals surface area contributed by atoms with Gasteiger partial charge in [-0.25, -0.2) is 4.90 Å². The fraction of sp³-hybridized carbons (Fsp3) is 0.630. The summed E-state index contributed by atoms with van der Waals surface area (Å²) in [5.74, 6) is 0.700. The number of amides is 4. The van der Waals surface area contributed by atoms with Crippen LogP contribution in [-0.4, -0.2) is 61.6 Å². The number of anilines is 2. The number of nitrogens with zero attached hydrogens (tertiary/aromatic N) is 2. The largest absolute Gasteiger partial charge is 0.354 e. The van der Waals surface area contributed by atoms with Crippen molar-refractivity contribution in [2.75, 3.05) is 31.0 Å². The Bertz CT molecular complexity index is 1010. The van der Waals surface area contributed by atoms with Crippen LogP contribution >= 0.6 is 0 Å². The number of benzene rings is 1. The van der Waals surface area contributed by atoms with Gasteiger partial charge in [-0.05, 0) is 80.5 Å². The van der Waals surface area contributed by atoms with Crippen molar-refractivity contribution in [2.24, 2.45) is 23.2 Å². The maximum Gasteiger partial charge on any atom is 0.257 e. The summed E-state index contributed by atoms with van der Waals surface area (Å²) >= 11 is 0. The van der Waals surface area contributed by atoms with E-state index in [9.17, 15) is 19.2 Å². The van der Waals surface area contributed by atoms with Gasteiger partial charge in [-0.3, -0.25) is 19.2 Å². The van der Waals surface area contributed by atoms with Crippen LogP contribution in [0.2, 0.25) is 0 Å². The predicted octanol–water partition coefficient (Wildman–Crippen LogP) is 2.94. The van der Waals surface area contributed by atoms with Crippen molar-refractivity contribution in [1.82, 2.24) is 4.90 Å². The molecule has 1 unspecified atom stereocenters. The van der Waals surface area contributed by atoms with Crippen molar-refractivity contribution in [3.63, 3.8) is 0 Å². The van der Waals surface area contributed by atoms with Crippen LogP contribution in [0.5, 0.6) is 0 Å². The van der Waals surface area contributed by atoms with E-state index in [4.69, 9.17) is 9.47 Å². The molecule has 6 rings (SSSR count). The lowest BCUT2D eigenvalue weighted by atomic mass is 9.49. The van der Waals surface area contributed by atoms with E-state index in [2.05, 4.69) is 5.32 Å². The highest BCUT2D eigenvalue weighted by Crippen LogP contribution is 2.60. The molecular formula is C27H35N3O6. The summed E-state index contributed by atoms with van der Waals surface area (Å²) in [6.07, 6.45) is 5.42. The zero-order chi connectivity index (χ0) is 25.6. The fourth-order valence-electron chi connectivity index (χ4n) is 7.46. The topological polar surface area (TPSA) is 105 Å². The third-order valence-electron chi connectivity index (χ3n) is 8.57. The highest BCUT2D eigenvalue weighted by atomic mass is 16.7. The van der Waals surface area contributed by atoms with Gasteiger partial charge in [-0.15, -0.1) is 0 Å². The van der Waals surface area contributed by atoms with Crippen LogP contribution < -0.4 is 10.2 Å². The average Bonchev–Trinajstić information content (AvgIpc) is 3.12. The van der Waals surface area contributed by atoms with Crippen LogP contribution in [0, 0.1) is 23.2 Å². The Kier molecular flexibility index (Phi) is 6.63. The molecule has 1 heterocycles. The van der Waals surface area contributed by atoms with Gasteiger partial charge in [-0.1, -0.05) is 0 Å². The Labute approximate surface area is 211 Å². The minimum Gasteiger partial charge on any atom is -0.354 e. The summed E-state index contributed by atoms with van der Waals surface area (Å²) in [7, 11) is 3.01. The maximum atomic E-state index is 14.3. The first-order chi connectivity index (χ1) is 17.2. The summed E-state index contributed by atoms with van der Waals surface area (Å²) in [6.45, 7) is 1.50. The van der Waals surface area contributed by atoms with Gasteiger partial charge in [-0.2, -0.15) is 0 Å². The molecule has 0 radical (unpaired) electrons. The Morgan fingerprint density at radius 2 is 1.58 bits per heavy atom. The Morgan fingerprint density at radius 3 is 2.08 bits per heavy atom. The third-order valence-corrected chi connectivity index (χ3v) is 8.57. The molecule has 0 aromatic heterocycles. The number of carbonyl (C=O) groups is 4. The van der Waals surface area contributed by atoms with E-state index in [1.807, 2.05) is 0 Å². The molecule has 4 aliphatic carbocycles. The lowest BCUT2D eigenvalue weighted by molar-refractivity contribution is -0.172. The highest BCUT2D eigenvalue weighted by Gasteiger charge is 2.57. The molecule has 1 aromatic carbocycles. The Morgan fingerprint density at radius 1 is 1.03 bits per heavy atom. The molecule has 4 amide bonds. The normalized spacial score (nSPS) is 30.8. The number of imide groups is 1. The molecule has 4 bridgehead atoms. The maximum absolute atomic E-state index is 14.3. The van der Waals surface area contributed by atoms with Crippen molar-refractivity contribution < 1.29 is 28.7 Å². The van der Waals surface area contributed by atoms with E-state index in [0.29, 0.717) is 29.1 Å². The van der Waals surface area contributed by atoms with Crippen LogP contribution in [-0.2, 0) is 28.7 Å². The minimum atomic E-state index is -0.902. The number of ether oxygens (including phenoxy) is 2. The van der Waals surface area contributed by atoms with Crippen LogP contribution in [0.25, 0.3) is 0 Å². The number of hydrogen-bond donors (Lipinski definition) is 1. The molecule has 0 spiro atoms. The van der Waals surface area contributed by atoms with E-state index in [0.717, 1.165) is 24.2 Å². The quantitative estimate of drug-likeness (QED) is 0.437. The van der Waals surface area contributed by atoms with Gasteiger partial charge in [0.25, 0.3) is 5.91 Å². The summed E-state index contributed by atoms with van der Waals surface area (Å²) in [5, 5.41) is 2.68. The van der Waals surface area contributed by atoms with Gasteiger partial charge >= 0.3 is 0 Å². The minimum absolute atomic E-state index is 0.0327. The smallest absolute Gasteiger partial charge is 0.257 e. The molecule has 36 heavy (non-hydrogen) atoms. The van der Waals surface area contributed by atoms with Crippen LogP contribution in [0.1, 0.15) is 51.9 Å². The molecule has 9 nitrogen and oxygen atoms in total. The van der Waals surface area contributed by atoms with Crippen LogP contribution in [0.3, 0.4) is 0 Å². The third kappa shape index (κ3) is 4.43. The molecule has 1 saturated heterocycles. The SMILES string of the molecule is COC(CN(C(=O)C12CC3CC(CC(C3)C1)C2)C1CC(=O)N(c2ccc(NC(C)=O)cc2)C1=O)OC. The number of rotatable bonds is 8.